The Hall–Kier alpha value is -1.53. The van der Waals surface area contributed by atoms with Gasteiger partial charge < -0.3 is 35.6 Å². The second-order valence-corrected chi connectivity index (χ2v) is 7.54. The van der Waals surface area contributed by atoms with Crippen LogP contribution in [0.2, 0.25) is 0 Å². The van der Waals surface area contributed by atoms with Gasteiger partial charge in [0.15, 0.2) is 11.6 Å². The number of pyridine rings is 1. The zero-order chi connectivity index (χ0) is 22.8. The number of allylic oxidation sites excluding steroid dienone is 8. The third kappa shape index (κ3) is 12.5. The van der Waals surface area contributed by atoms with Gasteiger partial charge in [-0.3, -0.25) is 9.59 Å². The van der Waals surface area contributed by atoms with Crippen LogP contribution in [0.3, 0.4) is 0 Å². The molecule has 1 aromatic rings. The Morgan fingerprint density at radius 2 is 1.15 bits per heavy atom. The Morgan fingerprint density at radius 1 is 0.818 bits per heavy atom. The molecule has 0 radical (unpaired) electrons. The number of carbonyl (C=O) groups is 2. The first-order valence-corrected chi connectivity index (χ1v) is 10.0. The van der Waals surface area contributed by atoms with Crippen molar-refractivity contribution in [3.63, 3.8) is 0 Å². The second-order valence-electron chi connectivity index (χ2n) is 6.72. The molecule has 1 aromatic heterocycles. The number of halogens is 4. The zero-order valence-corrected chi connectivity index (χ0v) is 22.6. The van der Waals surface area contributed by atoms with Crippen LogP contribution in [0.5, 0.6) is 0 Å². The summed E-state index contributed by atoms with van der Waals surface area (Å²) in [6.45, 7) is 6.75. The Kier molecular flexibility index (Phi) is 19.5. The van der Waals surface area contributed by atoms with Crippen LogP contribution in [0.15, 0.2) is 64.7 Å². The monoisotopic (exact) mass is 571 g/mol. The van der Waals surface area contributed by atoms with Gasteiger partial charge in [0, 0.05) is 25.7 Å². The summed E-state index contributed by atoms with van der Waals surface area (Å²) in [5.74, 6) is 0.112. The number of hydrogen-bond acceptors (Lipinski definition) is 5. The van der Waals surface area contributed by atoms with Gasteiger partial charge in [-0.05, 0) is 24.3 Å². The third-order valence-corrected chi connectivity index (χ3v) is 4.84. The van der Waals surface area contributed by atoms with Crippen molar-refractivity contribution in [2.75, 3.05) is 0 Å². The number of Topliss-reactive ketones (excluding diaryl/α,β-unsaturated/α-hetero) is 2. The fraction of sp³-hybridized carbons (Fsp3) is 0.261. The van der Waals surface area contributed by atoms with Gasteiger partial charge in [-0.2, -0.15) is 0 Å². The summed E-state index contributed by atoms with van der Waals surface area (Å²) in [7, 11) is 0. The average molecular weight is 573 g/mol. The molecule has 33 heavy (non-hydrogen) atoms. The van der Waals surface area contributed by atoms with Gasteiger partial charge in [0.1, 0.15) is 11.4 Å². The summed E-state index contributed by atoms with van der Waals surface area (Å²) in [6.07, 6.45) is 11.1. The van der Waals surface area contributed by atoms with Crippen LogP contribution in [-0.4, -0.2) is 28.0 Å². The second kappa shape index (κ2) is 17.9. The number of aromatic nitrogens is 1. The third-order valence-electron chi connectivity index (χ3n) is 4.18. The van der Waals surface area contributed by atoms with Crippen molar-refractivity contribution in [2.45, 2.75) is 27.7 Å². The van der Waals surface area contributed by atoms with Crippen molar-refractivity contribution in [3.05, 3.63) is 76.1 Å². The number of nitrogens with zero attached hydrogens (tertiary/aromatic N) is 1. The maximum absolute atomic E-state index is 10.8. The van der Waals surface area contributed by atoms with Crippen LogP contribution in [0.1, 0.15) is 48.7 Å². The summed E-state index contributed by atoms with van der Waals surface area (Å²) in [4.78, 5) is 25.6. The molecule has 0 fully saturated rings. The minimum Gasteiger partial charge on any atom is -1.00 e. The van der Waals surface area contributed by atoms with E-state index in [1.165, 1.54) is 13.8 Å². The standard InChI is InChI=1S/C9H9NO2.2C7H8ClN.2ClH.Fe/c1-6(11)8-4-3-5-9(10-8)7(2)12;2*1-5-3-2-4-6(8)7(5)9;;;/h3-5H,1-2H3;2*2-5,9H,1H3;2*1H;/q;;;;;+2/p-2. The van der Waals surface area contributed by atoms with Gasteiger partial charge in [-0.15, -0.1) is 0 Å². The molecule has 0 bridgehead atoms. The van der Waals surface area contributed by atoms with E-state index in [1.54, 1.807) is 30.4 Å². The average Bonchev–Trinajstić information content (AvgIpc) is 2.71. The Morgan fingerprint density at radius 3 is 1.39 bits per heavy atom. The molecule has 0 aliphatic heterocycles. The van der Waals surface area contributed by atoms with E-state index in [1.807, 2.05) is 38.2 Å². The summed E-state index contributed by atoms with van der Waals surface area (Å²) >= 11 is 11.3. The maximum atomic E-state index is 10.8. The molecule has 0 aromatic carbocycles. The van der Waals surface area contributed by atoms with Crippen LogP contribution in [0, 0.1) is 22.7 Å². The number of rotatable bonds is 2. The van der Waals surface area contributed by atoms with Gasteiger partial charge in [-0.25, -0.2) is 4.98 Å². The van der Waals surface area contributed by atoms with E-state index in [2.05, 4.69) is 4.98 Å². The number of hydrogen-bond donors (Lipinski definition) is 2. The van der Waals surface area contributed by atoms with Crippen LogP contribution in [0.4, 0.5) is 0 Å². The van der Waals surface area contributed by atoms with E-state index in [0.717, 1.165) is 0 Å². The zero-order valence-electron chi connectivity index (χ0n) is 18.5. The topological polar surface area (TPSA) is 94.7 Å². The van der Waals surface area contributed by atoms with E-state index >= 15 is 0 Å². The largest absolute Gasteiger partial charge is 2.00 e. The summed E-state index contributed by atoms with van der Waals surface area (Å²) in [5, 5.41) is 15.8. The van der Waals surface area contributed by atoms with E-state index in [4.69, 9.17) is 34.0 Å². The predicted molar refractivity (Wildman–Crippen MR) is 124 cm³/mol. The van der Waals surface area contributed by atoms with Crippen LogP contribution < -0.4 is 24.8 Å². The van der Waals surface area contributed by atoms with Crippen LogP contribution in [-0.2, 0) is 17.1 Å². The van der Waals surface area contributed by atoms with Crippen molar-refractivity contribution in [1.29, 1.82) is 10.8 Å². The molecular formula is C23H25Cl4FeN3O2. The molecule has 0 amide bonds. The minimum absolute atomic E-state index is 0. The van der Waals surface area contributed by atoms with Crippen molar-refractivity contribution >= 4 is 46.2 Å². The molecule has 2 aliphatic rings. The summed E-state index contributed by atoms with van der Waals surface area (Å²) in [5.41, 5.74) is 1.70. The first-order valence-electron chi connectivity index (χ1n) is 9.29. The number of carbonyl (C=O) groups excluding carboxylic acids is 2. The van der Waals surface area contributed by atoms with Crippen LogP contribution >= 0.6 is 23.2 Å². The van der Waals surface area contributed by atoms with Gasteiger partial charge in [0.05, 0.1) is 21.5 Å². The van der Waals surface area contributed by atoms with Gasteiger partial charge in [0.25, 0.3) is 0 Å². The molecule has 2 unspecified atom stereocenters. The van der Waals surface area contributed by atoms with Crippen LogP contribution in [0.25, 0.3) is 0 Å². The van der Waals surface area contributed by atoms with Crippen molar-refractivity contribution in [3.8, 4) is 0 Å². The van der Waals surface area contributed by atoms with E-state index < -0.39 is 0 Å². The summed E-state index contributed by atoms with van der Waals surface area (Å²) in [6, 6.07) is 4.84. The Balaban J connectivity index is -0.000000396. The predicted octanol–water partition coefficient (Wildman–Crippen LogP) is 0.162. The summed E-state index contributed by atoms with van der Waals surface area (Å²) < 4.78 is 0. The fourth-order valence-corrected chi connectivity index (χ4v) is 2.74. The molecule has 10 heteroatoms. The Bertz CT molecular complexity index is 899. The fourth-order valence-electron chi connectivity index (χ4n) is 2.25. The molecule has 2 atom stereocenters. The molecule has 180 valence electrons. The molecule has 1 heterocycles. The molecular weight excluding hydrogens is 548 g/mol. The van der Waals surface area contributed by atoms with Crippen molar-refractivity contribution in [2.24, 2.45) is 11.8 Å². The first kappa shape index (κ1) is 36.0. The minimum atomic E-state index is -0.127. The van der Waals surface area contributed by atoms with Gasteiger partial charge >= 0.3 is 17.1 Å². The molecule has 3 rings (SSSR count). The molecule has 5 nitrogen and oxygen atoms in total. The first-order chi connectivity index (χ1) is 14.0. The molecule has 0 saturated carbocycles. The SMILES string of the molecule is CC(=O)c1cccc(C(C)=O)n1.CC1C=CC=C(Cl)C1=N.CC1C=CC=C(Cl)C1=N.[Cl-].[Cl-].[Fe+2]. The van der Waals surface area contributed by atoms with Crippen molar-refractivity contribution < 1.29 is 51.5 Å². The quantitative estimate of drug-likeness (QED) is 0.391. The molecule has 2 aliphatic carbocycles. The van der Waals surface area contributed by atoms with Crippen molar-refractivity contribution in [1.82, 2.24) is 4.98 Å². The number of nitrogens with one attached hydrogen (secondary N) is 2. The molecule has 2 N–H and O–H groups in total. The maximum Gasteiger partial charge on any atom is 2.00 e. The van der Waals surface area contributed by atoms with E-state index in [9.17, 15) is 9.59 Å². The molecule has 0 saturated heterocycles. The smallest absolute Gasteiger partial charge is 1.00 e. The van der Waals surface area contributed by atoms with Gasteiger partial charge in [0.2, 0.25) is 0 Å². The normalized spacial score (nSPS) is 17.8. The van der Waals surface area contributed by atoms with E-state index in [0.29, 0.717) is 32.9 Å². The molecule has 0 spiro atoms. The van der Waals surface area contributed by atoms with E-state index in [-0.39, 0.29) is 65.3 Å². The Labute approximate surface area is 228 Å². The number of ketones is 2. The van der Waals surface area contributed by atoms with Gasteiger partial charge in [-0.1, -0.05) is 67.4 Å².